The average molecular weight is 243 g/mol. The van der Waals surface area contributed by atoms with Crippen molar-refractivity contribution in [2.24, 2.45) is 5.92 Å². The molecule has 1 saturated carbocycles. The van der Waals surface area contributed by atoms with E-state index in [1.807, 2.05) is 0 Å². The average Bonchev–Trinajstić information content (AvgIpc) is 2.26. The van der Waals surface area contributed by atoms with Crippen molar-refractivity contribution < 1.29 is 0 Å². The zero-order chi connectivity index (χ0) is 12.0. The van der Waals surface area contributed by atoms with E-state index in [0.717, 1.165) is 5.92 Å². The molecule has 1 aliphatic carbocycles. The quantitative estimate of drug-likeness (QED) is 0.686. The van der Waals surface area contributed by atoms with Gasteiger partial charge in [0.2, 0.25) is 5.28 Å². The Labute approximate surface area is 101 Å². The van der Waals surface area contributed by atoms with Crippen LogP contribution in [0, 0.1) is 5.92 Å². The summed E-state index contributed by atoms with van der Waals surface area (Å²) >= 11 is 5.36. The Kier molecular flexibility index (Phi) is 5.32. The Morgan fingerprint density at radius 1 is 1.25 bits per heavy atom. The summed E-state index contributed by atoms with van der Waals surface area (Å²) in [7, 11) is 0. The van der Waals surface area contributed by atoms with Crippen molar-refractivity contribution in [1.29, 1.82) is 0 Å². The molecule has 0 saturated heterocycles. The smallest absolute Gasteiger partial charge is 0.224 e. The highest BCUT2D eigenvalue weighted by Gasteiger charge is 2.05. The minimum absolute atomic E-state index is 0.113. The first kappa shape index (κ1) is 13.0. The van der Waals surface area contributed by atoms with Gasteiger partial charge in [0.15, 0.2) is 5.82 Å². The molecule has 0 bridgehead atoms. The SMILES string of the molecule is CC1CCCCC1.Nc1cnc(Cl)nc1N. The maximum absolute atomic E-state index is 5.36. The standard InChI is InChI=1S/C7H14.C4H5ClN4/c1-7-5-3-2-4-6-7;5-4-8-1-2(6)3(7)9-4/h7H,2-6H2,1H3;1H,6H2,(H2,7,8,9). The highest BCUT2D eigenvalue weighted by atomic mass is 35.5. The van der Waals surface area contributed by atoms with Gasteiger partial charge in [0.1, 0.15) is 0 Å². The molecule has 90 valence electrons. The molecule has 0 atom stereocenters. The molecule has 0 unspecified atom stereocenters. The van der Waals surface area contributed by atoms with Crippen LogP contribution in [0.4, 0.5) is 11.5 Å². The molecule has 1 fully saturated rings. The van der Waals surface area contributed by atoms with Crippen molar-refractivity contribution in [2.45, 2.75) is 39.0 Å². The first-order chi connectivity index (χ1) is 7.59. The van der Waals surface area contributed by atoms with Crippen molar-refractivity contribution in [2.75, 3.05) is 11.5 Å². The van der Waals surface area contributed by atoms with Crippen molar-refractivity contribution in [3.8, 4) is 0 Å². The van der Waals surface area contributed by atoms with Gasteiger partial charge in [0, 0.05) is 0 Å². The first-order valence-corrected chi connectivity index (χ1v) is 6.01. The lowest BCUT2D eigenvalue weighted by Gasteiger charge is -2.15. The number of rotatable bonds is 0. The van der Waals surface area contributed by atoms with E-state index in [9.17, 15) is 0 Å². The molecule has 5 heteroatoms. The fraction of sp³-hybridized carbons (Fsp3) is 0.636. The highest BCUT2D eigenvalue weighted by molar-refractivity contribution is 6.28. The summed E-state index contributed by atoms with van der Waals surface area (Å²) < 4.78 is 0. The Balaban J connectivity index is 0.000000165. The van der Waals surface area contributed by atoms with E-state index in [4.69, 9.17) is 23.1 Å². The van der Waals surface area contributed by atoms with Gasteiger partial charge >= 0.3 is 0 Å². The number of aromatic nitrogens is 2. The van der Waals surface area contributed by atoms with E-state index in [-0.39, 0.29) is 11.1 Å². The van der Waals surface area contributed by atoms with E-state index in [2.05, 4.69) is 16.9 Å². The second kappa shape index (κ2) is 6.53. The number of nitrogens with zero attached hydrogens (tertiary/aromatic N) is 2. The van der Waals surface area contributed by atoms with Crippen LogP contribution in [0.5, 0.6) is 0 Å². The Morgan fingerprint density at radius 3 is 2.25 bits per heavy atom. The summed E-state index contributed by atoms with van der Waals surface area (Å²) in [5.74, 6) is 1.25. The molecule has 0 amide bonds. The predicted octanol–water partition coefficient (Wildman–Crippen LogP) is 2.88. The van der Waals surface area contributed by atoms with E-state index < -0.39 is 0 Å². The van der Waals surface area contributed by atoms with Gasteiger partial charge in [-0.3, -0.25) is 0 Å². The summed E-state index contributed by atoms with van der Waals surface area (Å²) in [4.78, 5) is 7.17. The van der Waals surface area contributed by atoms with Crippen LogP contribution >= 0.6 is 11.6 Å². The minimum atomic E-state index is 0.113. The molecule has 0 spiro atoms. The topological polar surface area (TPSA) is 77.8 Å². The van der Waals surface area contributed by atoms with Gasteiger partial charge in [-0.15, -0.1) is 0 Å². The summed E-state index contributed by atoms with van der Waals surface area (Å²) in [5, 5.41) is 0.113. The van der Waals surface area contributed by atoms with Gasteiger partial charge in [0.25, 0.3) is 0 Å². The second-order valence-corrected chi connectivity index (χ2v) is 4.56. The van der Waals surface area contributed by atoms with E-state index in [0.29, 0.717) is 5.69 Å². The van der Waals surface area contributed by atoms with Crippen LogP contribution in [0.2, 0.25) is 5.28 Å². The van der Waals surface area contributed by atoms with E-state index >= 15 is 0 Å². The highest BCUT2D eigenvalue weighted by Crippen LogP contribution is 2.22. The molecular formula is C11H19ClN4. The maximum Gasteiger partial charge on any atom is 0.224 e. The second-order valence-electron chi connectivity index (χ2n) is 4.22. The van der Waals surface area contributed by atoms with Crippen molar-refractivity contribution in [1.82, 2.24) is 9.97 Å². The van der Waals surface area contributed by atoms with Crippen LogP contribution in [-0.2, 0) is 0 Å². The number of anilines is 2. The third-order valence-corrected chi connectivity index (χ3v) is 2.89. The molecule has 4 N–H and O–H groups in total. The number of nitrogen functional groups attached to an aromatic ring is 2. The summed E-state index contributed by atoms with van der Waals surface area (Å²) in [6.45, 7) is 2.36. The zero-order valence-electron chi connectivity index (χ0n) is 9.62. The third-order valence-electron chi connectivity index (χ3n) is 2.71. The lowest BCUT2D eigenvalue weighted by atomic mass is 9.91. The third kappa shape index (κ3) is 4.66. The predicted molar refractivity (Wildman–Crippen MR) is 68.1 cm³/mol. The fourth-order valence-corrected chi connectivity index (χ4v) is 1.83. The van der Waals surface area contributed by atoms with Gasteiger partial charge in [-0.2, -0.15) is 4.98 Å². The molecule has 16 heavy (non-hydrogen) atoms. The van der Waals surface area contributed by atoms with Crippen LogP contribution in [0.15, 0.2) is 6.20 Å². The Morgan fingerprint density at radius 2 is 1.88 bits per heavy atom. The molecular weight excluding hydrogens is 224 g/mol. The molecule has 1 aromatic rings. The molecule has 0 radical (unpaired) electrons. The largest absolute Gasteiger partial charge is 0.394 e. The lowest BCUT2D eigenvalue weighted by molar-refractivity contribution is 0.385. The number of hydrogen-bond acceptors (Lipinski definition) is 4. The van der Waals surface area contributed by atoms with Crippen LogP contribution in [0.3, 0.4) is 0 Å². The van der Waals surface area contributed by atoms with Gasteiger partial charge in [-0.25, -0.2) is 4.98 Å². The molecule has 4 nitrogen and oxygen atoms in total. The van der Waals surface area contributed by atoms with Crippen molar-refractivity contribution in [3.05, 3.63) is 11.5 Å². The zero-order valence-corrected chi connectivity index (χ0v) is 10.4. The van der Waals surface area contributed by atoms with Crippen LogP contribution in [0.1, 0.15) is 39.0 Å². The monoisotopic (exact) mass is 242 g/mol. The van der Waals surface area contributed by atoms with Crippen LogP contribution in [0.25, 0.3) is 0 Å². The van der Waals surface area contributed by atoms with Crippen molar-refractivity contribution in [3.63, 3.8) is 0 Å². The summed E-state index contributed by atoms with van der Waals surface area (Å²) in [5.41, 5.74) is 10.9. The normalized spacial score (nSPS) is 16.4. The fourth-order valence-electron chi connectivity index (χ4n) is 1.69. The van der Waals surface area contributed by atoms with Crippen molar-refractivity contribution >= 4 is 23.1 Å². The van der Waals surface area contributed by atoms with Gasteiger partial charge < -0.3 is 11.5 Å². The molecule has 2 rings (SSSR count). The van der Waals surface area contributed by atoms with Gasteiger partial charge in [-0.1, -0.05) is 39.0 Å². The number of nitrogens with two attached hydrogens (primary N) is 2. The first-order valence-electron chi connectivity index (χ1n) is 5.63. The summed E-state index contributed by atoms with van der Waals surface area (Å²) in [6, 6.07) is 0. The molecule has 0 aromatic carbocycles. The summed E-state index contributed by atoms with van der Waals surface area (Å²) in [6.07, 6.45) is 8.80. The molecule has 0 aliphatic heterocycles. The Hall–Kier alpha value is -1.03. The number of hydrogen-bond donors (Lipinski definition) is 2. The minimum Gasteiger partial charge on any atom is -0.394 e. The lowest BCUT2D eigenvalue weighted by Crippen LogP contribution is -1.99. The molecule has 1 aromatic heterocycles. The molecule has 1 heterocycles. The van der Waals surface area contributed by atoms with Crippen LogP contribution < -0.4 is 11.5 Å². The van der Waals surface area contributed by atoms with Crippen LogP contribution in [-0.4, -0.2) is 9.97 Å². The van der Waals surface area contributed by atoms with Gasteiger partial charge in [0.05, 0.1) is 11.9 Å². The van der Waals surface area contributed by atoms with Gasteiger partial charge in [-0.05, 0) is 17.5 Å². The van der Waals surface area contributed by atoms with E-state index in [1.165, 1.54) is 38.3 Å². The Bertz CT molecular complexity index is 324. The maximum atomic E-state index is 5.36. The number of halogens is 1. The molecule has 1 aliphatic rings. The van der Waals surface area contributed by atoms with E-state index in [1.54, 1.807) is 0 Å².